The lowest BCUT2D eigenvalue weighted by molar-refractivity contribution is -0.124. The largest absolute Gasteiger partial charge is 0.349 e. The molecular formula is C25H24N2O3. The van der Waals surface area contributed by atoms with E-state index in [0.717, 1.165) is 16.7 Å². The molecule has 0 aliphatic heterocycles. The highest BCUT2D eigenvalue weighted by molar-refractivity contribution is 6.03. The number of amides is 2. The van der Waals surface area contributed by atoms with Gasteiger partial charge in [-0.3, -0.25) is 14.4 Å². The van der Waals surface area contributed by atoms with Crippen LogP contribution >= 0.6 is 0 Å². The van der Waals surface area contributed by atoms with Crippen LogP contribution < -0.4 is 10.6 Å². The lowest BCUT2D eigenvalue weighted by Crippen LogP contribution is -2.46. The Morgan fingerprint density at radius 2 is 1.40 bits per heavy atom. The first-order valence-corrected chi connectivity index (χ1v) is 9.81. The number of rotatable bonds is 8. The first-order chi connectivity index (χ1) is 14.5. The molecule has 0 bridgehead atoms. The van der Waals surface area contributed by atoms with Crippen LogP contribution in [0.25, 0.3) is 11.1 Å². The van der Waals surface area contributed by atoms with E-state index in [4.69, 9.17) is 0 Å². The molecule has 0 radical (unpaired) electrons. The van der Waals surface area contributed by atoms with E-state index in [1.54, 1.807) is 12.1 Å². The van der Waals surface area contributed by atoms with E-state index < -0.39 is 6.04 Å². The molecule has 5 nitrogen and oxygen atoms in total. The van der Waals surface area contributed by atoms with E-state index in [1.165, 1.54) is 6.92 Å². The number of hydrogen-bond donors (Lipinski definition) is 2. The highest BCUT2D eigenvalue weighted by Crippen LogP contribution is 2.23. The third kappa shape index (κ3) is 5.64. The van der Waals surface area contributed by atoms with Crippen molar-refractivity contribution in [2.45, 2.75) is 19.4 Å². The smallest absolute Gasteiger partial charge is 0.252 e. The Morgan fingerprint density at radius 3 is 2.07 bits per heavy atom. The van der Waals surface area contributed by atoms with Crippen molar-refractivity contribution < 1.29 is 14.4 Å². The Labute approximate surface area is 176 Å². The number of ketones is 1. The zero-order valence-corrected chi connectivity index (χ0v) is 16.8. The fraction of sp³-hybridized carbons (Fsp3) is 0.160. The highest BCUT2D eigenvalue weighted by atomic mass is 16.2. The first-order valence-electron chi connectivity index (χ1n) is 9.81. The van der Waals surface area contributed by atoms with Crippen molar-refractivity contribution in [3.8, 4) is 11.1 Å². The van der Waals surface area contributed by atoms with Crippen molar-refractivity contribution in [2.75, 3.05) is 6.54 Å². The van der Waals surface area contributed by atoms with Gasteiger partial charge >= 0.3 is 0 Å². The molecule has 0 aromatic heterocycles. The predicted octanol–water partition coefficient (Wildman–Crippen LogP) is 3.40. The minimum absolute atomic E-state index is 0.132. The molecule has 0 spiro atoms. The molecule has 0 aliphatic carbocycles. The fourth-order valence-corrected chi connectivity index (χ4v) is 3.22. The van der Waals surface area contributed by atoms with Crippen LogP contribution in [-0.4, -0.2) is 30.2 Å². The summed E-state index contributed by atoms with van der Waals surface area (Å²) in [6, 6.07) is 25.7. The summed E-state index contributed by atoms with van der Waals surface area (Å²) in [7, 11) is 0. The molecule has 0 fully saturated rings. The van der Waals surface area contributed by atoms with Gasteiger partial charge in [-0.2, -0.15) is 0 Å². The molecule has 0 heterocycles. The van der Waals surface area contributed by atoms with E-state index in [0.29, 0.717) is 12.0 Å². The first kappa shape index (κ1) is 21.0. The lowest BCUT2D eigenvalue weighted by atomic mass is 9.97. The fourth-order valence-electron chi connectivity index (χ4n) is 3.22. The molecule has 0 saturated carbocycles. The second-order valence-electron chi connectivity index (χ2n) is 7.00. The maximum atomic E-state index is 13.1. The second-order valence-corrected chi connectivity index (χ2v) is 7.00. The number of carbonyl (C=O) groups is 3. The summed E-state index contributed by atoms with van der Waals surface area (Å²) in [6.07, 6.45) is 0.346. The minimum Gasteiger partial charge on any atom is -0.349 e. The zero-order valence-electron chi connectivity index (χ0n) is 16.8. The highest BCUT2D eigenvalue weighted by Gasteiger charge is 2.23. The van der Waals surface area contributed by atoms with Gasteiger partial charge in [0.05, 0.1) is 12.6 Å². The lowest BCUT2D eigenvalue weighted by Gasteiger charge is -2.19. The average molecular weight is 400 g/mol. The molecule has 2 N–H and O–H groups in total. The van der Waals surface area contributed by atoms with Crippen molar-refractivity contribution in [2.24, 2.45) is 0 Å². The van der Waals surface area contributed by atoms with Crippen LogP contribution in [0.1, 0.15) is 22.8 Å². The van der Waals surface area contributed by atoms with Gasteiger partial charge in [0, 0.05) is 12.5 Å². The van der Waals surface area contributed by atoms with E-state index in [-0.39, 0.29) is 24.1 Å². The third-order valence-corrected chi connectivity index (χ3v) is 4.74. The number of nitrogens with one attached hydrogen (secondary N) is 2. The summed E-state index contributed by atoms with van der Waals surface area (Å²) >= 11 is 0. The molecule has 5 heteroatoms. The molecule has 152 valence electrons. The van der Waals surface area contributed by atoms with Gasteiger partial charge in [-0.15, -0.1) is 0 Å². The van der Waals surface area contributed by atoms with Crippen LogP contribution in [0.15, 0.2) is 84.9 Å². The molecule has 30 heavy (non-hydrogen) atoms. The third-order valence-electron chi connectivity index (χ3n) is 4.74. The van der Waals surface area contributed by atoms with Crippen LogP contribution in [0.3, 0.4) is 0 Å². The van der Waals surface area contributed by atoms with E-state index in [2.05, 4.69) is 10.6 Å². The van der Waals surface area contributed by atoms with Gasteiger partial charge in [0.25, 0.3) is 5.91 Å². The molecular weight excluding hydrogens is 376 g/mol. The van der Waals surface area contributed by atoms with Crippen molar-refractivity contribution >= 4 is 17.6 Å². The summed E-state index contributed by atoms with van der Waals surface area (Å²) in [5.74, 6) is -0.867. The SMILES string of the molecule is CC(=O)NCC(=O)[C@H](Cc1ccccc1)NC(=O)c1ccccc1-c1ccccc1. The summed E-state index contributed by atoms with van der Waals surface area (Å²) < 4.78 is 0. The van der Waals surface area contributed by atoms with Crippen LogP contribution in [0.4, 0.5) is 0 Å². The quantitative estimate of drug-likeness (QED) is 0.609. The van der Waals surface area contributed by atoms with Crippen molar-refractivity contribution in [1.82, 2.24) is 10.6 Å². The minimum atomic E-state index is -0.754. The van der Waals surface area contributed by atoms with Crippen LogP contribution in [0.2, 0.25) is 0 Å². The molecule has 3 aromatic rings. The predicted molar refractivity (Wildman–Crippen MR) is 117 cm³/mol. The van der Waals surface area contributed by atoms with Gasteiger partial charge < -0.3 is 10.6 Å². The number of carbonyl (C=O) groups excluding carboxylic acids is 3. The molecule has 1 atom stereocenters. The zero-order chi connectivity index (χ0) is 21.3. The topological polar surface area (TPSA) is 75.3 Å². The Hall–Kier alpha value is -3.73. The monoisotopic (exact) mass is 400 g/mol. The molecule has 0 aliphatic rings. The Balaban J connectivity index is 1.84. The van der Waals surface area contributed by atoms with Gasteiger partial charge in [0.1, 0.15) is 0 Å². The summed E-state index contributed by atoms with van der Waals surface area (Å²) in [5, 5.41) is 5.40. The summed E-state index contributed by atoms with van der Waals surface area (Å²) in [4.78, 5) is 37.1. The molecule has 3 rings (SSSR count). The maximum absolute atomic E-state index is 13.1. The van der Waals surface area contributed by atoms with Gasteiger partial charge in [0.15, 0.2) is 5.78 Å². The number of hydrogen-bond acceptors (Lipinski definition) is 3. The summed E-state index contributed by atoms with van der Waals surface area (Å²) in [5.41, 5.74) is 3.14. The van der Waals surface area contributed by atoms with Crippen molar-refractivity contribution in [3.63, 3.8) is 0 Å². The Bertz CT molecular complexity index is 1020. The second kappa shape index (κ2) is 10.2. The molecule has 0 unspecified atom stereocenters. The van der Waals surface area contributed by atoms with E-state index >= 15 is 0 Å². The molecule has 2 amide bonds. The maximum Gasteiger partial charge on any atom is 0.252 e. The van der Waals surface area contributed by atoms with E-state index in [9.17, 15) is 14.4 Å². The van der Waals surface area contributed by atoms with E-state index in [1.807, 2.05) is 72.8 Å². The Kier molecular flexibility index (Phi) is 7.11. The average Bonchev–Trinajstić information content (AvgIpc) is 2.78. The normalized spacial score (nSPS) is 11.4. The molecule has 0 saturated heterocycles. The summed E-state index contributed by atoms with van der Waals surface area (Å²) in [6.45, 7) is 1.22. The standard InChI is InChI=1S/C25H24N2O3/c1-18(28)26-17-24(29)23(16-19-10-4-2-5-11-19)27-25(30)22-15-9-8-14-21(22)20-12-6-3-7-13-20/h2-15,23H,16-17H2,1H3,(H,26,28)(H,27,30)/t23-/m0/s1. The van der Waals surface area contributed by atoms with Gasteiger partial charge in [0.2, 0.25) is 5.91 Å². The van der Waals surface area contributed by atoms with Gasteiger partial charge in [-0.25, -0.2) is 0 Å². The Morgan fingerprint density at radius 1 is 0.800 bits per heavy atom. The number of Topliss-reactive ketones (excluding diaryl/α,β-unsaturated/α-hetero) is 1. The molecule has 3 aromatic carbocycles. The van der Waals surface area contributed by atoms with Gasteiger partial charge in [-0.1, -0.05) is 78.9 Å². The van der Waals surface area contributed by atoms with Crippen molar-refractivity contribution in [1.29, 1.82) is 0 Å². The van der Waals surface area contributed by atoms with Crippen LogP contribution in [0.5, 0.6) is 0 Å². The van der Waals surface area contributed by atoms with Gasteiger partial charge in [-0.05, 0) is 29.2 Å². The van der Waals surface area contributed by atoms with Crippen LogP contribution in [0, 0.1) is 0 Å². The van der Waals surface area contributed by atoms with Crippen molar-refractivity contribution in [3.05, 3.63) is 96.1 Å². The van der Waals surface area contributed by atoms with Crippen LogP contribution in [-0.2, 0) is 16.0 Å². The number of benzene rings is 3.